The number of hydrogen-bond donors (Lipinski definition) is 2. The van der Waals surface area contributed by atoms with E-state index < -0.39 is 0 Å². The van der Waals surface area contributed by atoms with Crippen molar-refractivity contribution >= 4 is 5.82 Å². The molecular formula is C12H16N2O2. The lowest BCUT2D eigenvalue weighted by atomic mass is 10.0. The summed E-state index contributed by atoms with van der Waals surface area (Å²) in [6.07, 6.45) is 1.43. The molecule has 4 nitrogen and oxygen atoms in total. The third-order valence-electron chi connectivity index (χ3n) is 2.10. The highest BCUT2D eigenvalue weighted by molar-refractivity contribution is 5.21. The second-order valence-electron chi connectivity index (χ2n) is 3.42. The molecule has 1 aromatic heterocycles. The maximum Gasteiger partial charge on any atom is 0.166 e. The largest absolute Gasteiger partial charge is 0.396 e. The average Bonchev–Trinajstić information content (AvgIpc) is 2.81. The summed E-state index contributed by atoms with van der Waals surface area (Å²) in [4.78, 5) is 0. The summed E-state index contributed by atoms with van der Waals surface area (Å²) in [6.45, 7) is 2.24. The Balaban J connectivity index is 0.000000181. The van der Waals surface area contributed by atoms with Gasteiger partial charge in [-0.25, -0.2) is 0 Å². The standard InChI is InChI=1S/C9H12O.C3H4N2O/c1-8(7-10)9-5-3-2-4-6-9;4-3-1-2-6-5-3/h2-6,8,10H,7H2,1H3;1-2H,(H2,4,5). The Morgan fingerprint density at radius 2 is 2.00 bits per heavy atom. The maximum absolute atomic E-state index is 8.79. The van der Waals surface area contributed by atoms with Crippen LogP contribution in [0.15, 0.2) is 47.2 Å². The molecule has 2 rings (SSSR count). The van der Waals surface area contributed by atoms with Gasteiger partial charge in [0.2, 0.25) is 0 Å². The zero-order valence-electron chi connectivity index (χ0n) is 9.21. The molecule has 0 spiro atoms. The molecule has 1 heterocycles. The molecule has 3 N–H and O–H groups in total. The fraction of sp³-hybridized carbons (Fsp3) is 0.250. The van der Waals surface area contributed by atoms with Gasteiger partial charge >= 0.3 is 0 Å². The molecule has 16 heavy (non-hydrogen) atoms. The molecule has 1 atom stereocenters. The molecule has 0 aliphatic heterocycles. The van der Waals surface area contributed by atoms with E-state index in [0.29, 0.717) is 5.82 Å². The van der Waals surface area contributed by atoms with E-state index >= 15 is 0 Å². The van der Waals surface area contributed by atoms with Crippen LogP contribution in [0.3, 0.4) is 0 Å². The Labute approximate surface area is 94.7 Å². The van der Waals surface area contributed by atoms with Crippen molar-refractivity contribution in [3.05, 3.63) is 48.2 Å². The molecular weight excluding hydrogens is 204 g/mol. The lowest BCUT2D eigenvalue weighted by molar-refractivity contribution is 0.273. The number of nitrogens with two attached hydrogens (primary N) is 1. The van der Waals surface area contributed by atoms with Gasteiger partial charge in [-0.3, -0.25) is 0 Å². The van der Waals surface area contributed by atoms with Crippen molar-refractivity contribution < 1.29 is 9.63 Å². The number of nitrogens with zero attached hydrogens (tertiary/aromatic N) is 1. The third kappa shape index (κ3) is 4.14. The van der Waals surface area contributed by atoms with Crippen LogP contribution in [-0.4, -0.2) is 16.9 Å². The molecule has 0 amide bonds. The van der Waals surface area contributed by atoms with Crippen LogP contribution in [-0.2, 0) is 0 Å². The molecule has 4 heteroatoms. The van der Waals surface area contributed by atoms with Crippen LogP contribution in [0.4, 0.5) is 5.82 Å². The van der Waals surface area contributed by atoms with E-state index in [0.717, 1.165) is 0 Å². The topological polar surface area (TPSA) is 72.3 Å². The predicted octanol–water partition coefficient (Wildman–Crippen LogP) is 2.04. The van der Waals surface area contributed by atoms with E-state index in [4.69, 9.17) is 10.8 Å². The molecule has 0 bridgehead atoms. The second kappa shape index (κ2) is 6.63. The van der Waals surface area contributed by atoms with Crippen molar-refractivity contribution in [1.82, 2.24) is 5.16 Å². The zero-order chi connectivity index (χ0) is 11.8. The number of anilines is 1. The van der Waals surface area contributed by atoms with Gasteiger partial charge in [0.25, 0.3) is 0 Å². The van der Waals surface area contributed by atoms with Crippen LogP contribution in [0.5, 0.6) is 0 Å². The van der Waals surface area contributed by atoms with Gasteiger partial charge < -0.3 is 15.4 Å². The molecule has 0 saturated heterocycles. The van der Waals surface area contributed by atoms with E-state index in [9.17, 15) is 0 Å². The van der Waals surface area contributed by atoms with Crippen molar-refractivity contribution in [2.24, 2.45) is 0 Å². The molecule has 0 aliphatic carbocycles. The SMILES string of the molecule is CC(CO)c1ccccc1.Nc1ccon1. The van der Waals surface area contributed by atoms with Gasteiger partial charge in [0.05, 0.1) is 0 Å². The minimum atomic E-state index is 0.226. The normalized spacial score (nSPS) is 11.4. The Bertz CT molecular complexity index is 373. The van der Waals surface area contributed by atoms with Gasteiger partial charge in [0.1, 0.15) is 6.26 Å². The highest BCUT2D eigenvalue weighted by Gasteiger charge is 2.00. The van der Waals surface area contributed by atoms with Crippen LogP contribution in [0, 0.1) is 0 Å². The number of nitrogen functional groups attached to an aromatic ring is 1. The second-order valence-corrected chi connectivity index (χ2v) is 3.42. The molecule has 0 radical (unpaired) electrons. The Hall–Kier alpha value is -1.81. The first-order valence-corrected chi connectivity index (χ1v) is 5.05. The first-order chi connectivity index (χ1) is 7.74. The van der Waals surface area contributed by atoms with Crippen molar-refractivity contribution in [3.8, 4) is 0 Å². The fourth-order valence-corrected chi connectivity index (χ4v) is 1.11. The number of hydrogen-bond acceptors (Lipinski definition) is 4. The van der Waals surface area contributed by atoms with Crippen LogP contribution in [0.25, 0.3) is 0 Å². The van der Waals surface area contributed by atoms with Gasteiger partial charge in [0.15, 0.2) is 5.82 Å². The molecule has 0 fully saturated rings. The Morgan fingerprint density at radius 1 is 1.31 bits per heavy atom. The van der Waals surface area contributed by atoms with Gasteiger partial charge in [-0.15, -0.1) is 0 Å². The molecule has 0 saturated carbocycles. The van der Waals surface area contributed by atoms with Crippen molar-refractivity contribution in [3.63, 3.8) is 0 Å². The van der Waals surface area contributed by atoms with E-state index in [2.05, 4.69) is 9.68 Å². The highest BCUT2D eigenvalue weighted by Crippen LogP contribution is 2.12. The van der Waals surface area contributed by atoms with Gasteiger partial charge in [0, 0.05) is 18.6 Å². The number of rotatable bonds is 2. The minimum Gasteiger partial charge on any atom is -0.396 e. The Kier molecular flexibility index (Phi) is 5.08. The van der Waals surface area contributed by atoms with Crippen LogP contribution < -0.4 is 5.73 Å². The summed E-state index contributed by atoms with van der Waals surface area (Å²) in [5, 5.41) is 12.1. The first-order valence-electron chi connectivity index (χ1n) is 5.05. The zero-order valence-corrected chi connectivity index (χ0v) is 9.21. The minimum absolute atomic E-state index is 0.226. The van der Waals surface area contributed by atoms with Gasteiger partial charge in [-0.05, 0) is 5.56 Å². The maximum atomic E-state index is 8.79. The number of aliphatic hydroxyl groups excluding tert-OH is 1. The summed E-state index contributed by atoms with van der Waals surface area (Å²) in [6, 6.07) is 11.6. The van der Waals surface area contributed by atoms with Crippen LogP contribution >= 0.6 is 0 Å². The van der Waals surface area contributed by atoms with Gasteiger partial charge in [-0.2, -0.15) is 0 Å². The summed E-state index contributed by atoms with van der Waals surface area (Å²) in [5.41, 5.74) is 6.27. The molecule has 1 aromatic carbocycles. The van der Waals surface area contributed by atoms with Crippen molar-refractivity contribution in [2.45, 2.75) is 12.8 Å². The molecule has 86 valence electrons. The van der Waals surface area contributed by atoms with E-state index in [1.54, 1.807) is 6.07 Å². The first kappa shape index (κ1) is 12.3. The van der Waals surface area contributed by atoms with Crippen LogP contribution in [0.2, 0.25) is 0 Å². The summed E-state index contributed by atoms with van der Waals surface area (Å²) in [5.74, 6) is 0.691. The van der Waals surface area contributed by atoms with Crippen molar-refractivity contribution in [1.29, 1.82) is 0 Å². The number of benzene rings is 1. The van der Waals surface area contributed by atoms with E-state index in [-0.39, 0.29) is 12.5 Å². The Morgan fingerprint density at radius 3 is 2.38 bits per heavy atom. The summed E-state index contributed by atoms with van der Waals surface area (Å²) in [7, 11) is 0. The van der Waals surface area contributed by atoms with Crippen LogP contribution in [0.1, 0.15) is 18.4 Å². The summed E-state index contributed by atoms with van der Waals surface area (Å²) < 4.78 is 4.34. The quantitative estimate of drug-likeness (QED) is 0.812. The molecule has 2 aromatic rings. The monoisotopic (exact) mass is 220 g/mol. The average molecular weight is 220 g/mol. The lowest BCUT2D eigenvalue weighted by Gasteiger charge is -2.05. The van der Waals surface area contributed by atoms with Gasteiger partial charge in [-0.1, -0.05) is 42.4 Å². The van der Waals surface area contributed by atoms with Crippen molar-refractivity contribution in [2.75, 3.05) is 12.3 Å². The molecule has 0 aliphatic rings. The third-order valence-corrected chi connectivity index (χ3v) is 2.10. The highest BCUT2D eigenvalue weighted by atomic mass is 16.5. The predicted molar refractivity (Wildman–Crippen MR) is 62.9 cm³/mol. The summed E-state index contributed by atoms with van der Waals surface area (Å²) >= 11 is 0. The number of aliphatic hydroxyl groups is 1. The number of aromatic nitrogens is 1. The smallest absolute Gasteiger partial charge is 0.166 e. The van der Waals surface area contributed by atoms with E-state index in [1.165, 1.54) is 11.8 Å². The molecule has 1 unspecified atom stereocenters. The fourth-order valence-electron chi connectivity index (χ4n) is 1.11. The lowest BCUT2D eigenvalue weighted by Crippen LogP contribution is -1.97. The van der Waals surface area contributed by atoms with E-state index in [1.807, 2.05) is 37.3 Å².